The molecule has 3 heterocycles. The van der Waals surface area contributed by atoms with Crippen molar-refractivity contribution in [1.29, 1.82) is 0 Å². The second-order valence-corrected chi connectivity index (χ2v) is 8.84. The number of fused-ring (bicyclic) bond motifs is 1. The van der Waals surface area contributed by atoms with E-state index in [1.165, 1.54) is 5.56 Å². The topological polar surface area (TPSA) is 75.9 Å². The second-order valence-electron chi connectivity index (χ2n) is 8.43. The van der Waals surface area contributed by atoms with Crippen LogP contribution in [0.5, 0.6) is 0 Å². The normalized spacial score (nSPS) is 16.2. The van der Waals surface area contributed by atoms with Crippen LogP contribution in [-0.4, -0.2) is 49.5 Å². The Morgan fingerprint density at radius 1 is 1.12 bits per heavy atom. The van der Waals surface area contributed by atoms with Gasteiger partial charge in [-0.2, -0.15) is 0 Å². The van der Waals surface area contributed by atoms with Gasteiger partial charge in [0.25, 0.3) is 0 Å². The lowest BCUT2D eigenvalue weighted by Gasteiger charge is -2.32. The van der Waals surface area contributed by atoms with E-state index in [1.54, 1.807) is 13.3 Å². The summed E-state index contributed by atoms with van der Waals surface area (Å²) in [5.74, 6) is 1.46. The van der Waals surface area contributed by atoms with Gasteiger partial charge < -0.3 is 10.2 Å². The summed E-state index contributed by atoms with van der Waals surface area (Å²) in [6.45, 7) is 5.12. The van der Waals surface area contributed by atoms with Crippen LogP contribution in [0.4, 0.5) is 5.82 Å². The highest BCUT2D eigenvalue weighted by molar-refractivity contribution is 6.33. The van der Waals surface area contributed by atoms with E-state index >= 15 is 0 Å². The summed E-state index contributed by atoms with van der Waals surface area (Å²) in [7, 11) is 0. The van der Waals surface area contributed by atoms with Crippen molar-refractivity contribution in [2.45, 2.75) is 32.7 Å². The number of hydrogen-bond donors (Lipinski definition) is 1. The van der Waals surface area contributed by atoms with Crippen LogP contribution in [0.25, 0.3) is 28.2 Å². The van der Waals surface area contributed by atoms with E-state index in [9.17, 15) is 4.79 Å². The molecule has 1 aliphatic heterocycles. The third kappa shape index (κ3) is 4.16. The lowest BCUT2D eigenvalue weighted by Crippen LogP contribution is -2.44. The number of halogens is 1. The number of amides is 1. The van der Waals surface area contributed by atoms with E-state index in [0.29, 0.717) is 34.4 Å². The molecular weight excluding hydrogens is 436 g/mol. The number of aryl methyl sites for hydroxylation is 1. The third-order valence-electron chi connectivity index (χ3n) is 6.06. The minimum absolute atomic E-state index is 0.0963. The van der Waals surface area contributed by atoms with E-state index in [0.717, 1.165) is 30.6 Å². The van der Waals surface area contributed by atoms with Gasteiger partial charge in [-0.05, 0) is 44.0 Å². The zero-order chi connectivity index (χ0) is 22.9. The van der Waals surface area contributed by atoms with Crippen molar-refractivity contribution in [3.05, 3.63) is 65.4 Å². The van der Waals surface area contributed by atoms with Gasteiger partial charge in [0.2, 0.25) is 5.91 Å². The number of hydrogen-bond acceptors (Lipinski definition) is 5. The molecule has 0 spiro atoms. The van der Waals surface area contributed by atoms with Crippen molar-refractivity contribution < 1.29 is 4.79 Å². The first-order valence-corrected chi connectivity index (χ1v) is 11.5. The molecule has 0 aliphatic carbocycles. The summed E-state index contributed by atoms with van der Waals surface area (Å²) in [4.78, 5) is 27.8. The predicted molar refractivity (Wildman–Crippen MR) is 131 cm³/mol. The minimum atomic E-state index is 0.0963. The Morgan fingerprint density at radius 2 is 1.91 bits per heavy atom. The van der Waals surface area contributed by atoms with Gasteiger partial charge in [-0.25, -0.2) is 15.0 Å². The summed E-state index contributed by atoms with van der Waals surface area (Å²) in [5.41, 5.74) is 4.32. The van der Waals surface area contributed by atoms with E-state index in [1.807, 2.05) is 33.7 Å². The van der Waals surface area contributed by atoms with Crippen molar-refractivity contribution >= 4 is 34.5 Å². The lowest BCUT2D eigenvalue weighted by atomic mass is 10.1. The van der Waals surface area contributed by atoms with Crippen molar-refractivity contribution in [2.75, 3.05) is 18.4 Å². The fraction of sp³-hybridized carbons (Fsp3) is 0.280. The van der Waals surface area contributed by atoms with Gasteiger partial charge in [0.15, 0.2) is 17.0 Å². The molecule has 168 valence electrons. The molecule has 1 fully saturated rings. The molecule has 5 rings (SSSR count). The number of aromatic nitrogens is 4. The van der Waals surface area contributed by atoms with Crippen LogP contribution in [0, 0.1) is 6.92 Å². The van der Waals surface area contributed by atoms with Crippen molar-refractivity contribution in [1.82, 2.24) is 24.4 Å². The molecular formula is C25H25ClN6O. The predicted octanol–water partition coefficient (Wildman–Crippen LogP) is 4.87. The van der Waals surface area contributed by atoms with E-state index in [2.05, 4.69) is 46.5 Å². The third-order valence-corrected chi connectivity index (χ3v) is 6.39. The molecule has 4 aromatic rings. The summed E-state index contributed by atoms with van der Waals surface area (Å²) in [5, 5.41) is 4.14. The van der Waals surface area contributed by atoms with Gasteiger partial charge in [-0.3, -0.25) is 9.36 Å². The number of anilines is 1. The summed E-state index contributed by atoms with van der Waals surface area (Å²) in [6, 6.07) is 16.0. The Morgan fingerprint density at radius 3 is 2.67 bits per heavy atom. The Kier molecular flexibility index (Phi) is 5.72. The Labute approximate surface area is 197 Å². The number of carbonyl (C=O) groups is 1. The number of piperidine rings is 1. The minimum Gasteiger partial charge on any atom is -0.364 e. The highest BCUT2D eigenvalue weighted by Gasteiger charge is 2.25. The maximum absolute atomic E-state index is 11.9. The van der Waals surface area contributed by atoms with Crippen LogP contribution in [0.3, 0.4) is 0 Å². The maximum Gasteiger partial charge on any atom is 0.219 e. The largest absolute Gasteiger partial charge is 0.364 e. The molecule has 0 saturated carbocycles. The fourth-order valence-electron chi connectivity index (χ4n) is 4.33. The first-order chi connectivity index (χ1) is 16.0. The van der Waals surface area contributed by atoms with E-state index < -0.39 is 0 Å². The maximum atomic E-state index is 11.9. The molecule has 2 aromatic carbocycles. The highest BCUT2D eigenvalue weighted by atomic mass is 35.5. The van der Waals surface area contributed by atoms with Gasteiger partial charge in [-0.15, -0.1) is 0 Å². The van der Waals surface area contributed by atoms with Gasteiger partial charge in [0.1, 0.15) is 12.2 Å². The van der Waals surface area contributed by atoms with Crippen molar-refractivity contribution in [2.24, 2.45) is 0 Å². The summed E-state index contributed by atoms with van der Waals surface area (Å²) < 4.78 is 2.02. The molecule has 2 aromatic heterocycles. The molecule has 0 bridgehead atoms. The second kappa shape index (κ2) is 8.83. The number of carbonyl (C=O) groups excluding carboxylic acids is 1. The van der Waals surface area contributed by atoms with Crippen molar-refractivity contribution in [3.8, 4) is 17.1 Å². The fourth-order valence-corrected chi connectivity index (χ4v) is 4.55. The molecule has 1 amide bonds. The van der Waals surface area contributed by atoms with Gasteiger partial charge in [0.05, 0.1) is 5.02 Å². The van der Waals surface area contributed by atoms with Crippen LogP contribution in [0.15, 0.2) is 54.9 Å². The molecule has 7 nitrogen and oxygen atoms in total. The molecule has 33 heavy (non-hydrogen) atoms. The van der Waals surface area contributed by atoms with Crippen LogP contribution >= 0.6 is 11.6 Å². The van der Waals surface area contributed by atoms with Gasteiger partial charge in [-0.1, -0.05) is 41.4 Å². The summed E-state index contributed by atoms with van der Waals surface area (Å²) in [6.07, 6.45) is 3.47. The first kappa shape index (κ1) is 21.4. The number of rotatable bonds is 4. The Hall–Kier alpha value is -3.45. The number of nitrogens with one attached hydrogen (secondary N) is 1. The first-order valence-electron chi connectivity index (χ1n) is 11.1. The molecule has 1 N–H and O–H groups in total. The van der Waals surface area contributed by atoms with Gasteiger partial charge in [0, 0.05) is 37.3 Å². The SMILES string of the molecule is CC(=O)N1CCCC(Nc2ncnc3c2nc(-c2ccccc2Cl)n3-c2ccc(C)cc2)C1. The van der Waals surface area contributed by atoms with Crippen LogP contribution in [0.2, 0.25) is 5.02 Å². The standard InChI is InChI=1S/C25H25ClN6O/c1-16-9-11-19(12-10-16)32-24(20-7-3-4-8-21(20)26)30-22-23(27-15-28-25(22)32)29-18-6-5-13-31(14-18)17(2)33/h3-4,7-12,15,18H,5-6,13-14H2,1-2H3,(H,27,28,29). The molecule has 1 unspecified atom stereocenters. The highest BCUT2D eigenvalue weighted by Crippen LogP contribution is 2.34. The average Bonchev–Trinajstić information content (AvgIpc) is 3.20. The number of benzene rings is 2. The Balaban J connectivity index is 1.64. The molecule has 0 radical (unpaired) electrons. The number of imidazole rings is 1. The smallest absolute Gasteiger partial charge is 0.219 e. The summed E-state index contributed by atoms with van der Waals surface area (Å²) >= 11 is 6.57. The van der Waals surface area contributed by atoms with Crippen LogP contribution in [0.1, 0.15) is 25.3 Å². The quantitative estimate of drug-likeness (QED) is 0.470. The van der Waals surface area contributed by atoms with Crippen molar-refractivity contribution in [3.63, 3.8) is 0 Å². The average molecular weight is 461 g/mol. The Bertz CT molecular complexity index is 1320. The molecule has 1 atom stereocenters. The molecule has 8 heteroatoms. The van der Waals surface area contributed by atoms with Crippen LogP contribution < -0.4 is 5.32 Å². The van der Waals surface area contributed by atoms with E-state index in [-0.39, 0.29) is 11.9 Å². The van der Waals surface area contributed by atoms with Gasteiger partial charge >= 0.3 is 0 Å². The monoisotopic (exact) mass is 460 g/mol. The number of nitrogens with zero attached hydrogens (tertiary/aromatic N) is 5. The number of likely N-dealkylation sites (tertiary alicyclic amines) is 1. The van der Waals surface area contributed by atoms with E-state index in [4.69, 9.17) is 16.6 Å². The molecule has 1 aliphatic rings. The lowest BCUT2D eigenvalue weighted by molar-refractivity contribution is -0.129. The zero-order valence-electron chi connectivity index (χ0n) is 18.6. The zero-order valence-corrected chi connectivity index (χ0v) is 19.4. The van der Waals surface area contributed by atoms with Crippen LogP contribution in [-0.2, 0) is 4.79 Å². The molecule has 1 saturated heterocycles.